The van der Waals surface area contributed by atoms with Gasteiger partial charge in [0.2, 0.25) is 0 Å². The highest BCUT2D eigenvalue weighted by atomic mass is 32.1. The number of rotatable bonds is 2. The zero-order valence-corrected chi connectivity index (χ0v) is 8.97. The zero-order chi connectivity index (χ0) is 11.0. The third-order valence-corrected chi connectivity index (χ3v) is 3.55. The highest BCUT2D eigenvalue weighted by Gasteiger charge is 2.10. The quantitative estimate of drug-likeness (QED) is 0.821. The molecule has 0 saturated heterocycles. The molecule has 1 aromatic carbocycles. The maximum absolute atomic E-state index is 10.6. The zero-order valence-electron chi connectivity index (χ0n) is 8.15. The van der Waals surface area contributed by atoms with E-state index in [1.165, 1.54) is 11.3 Å². The summed E-state index contributed by atoms with van der Waals surface area (Å²) in [5, 5.41) is 21.0. The first kappa shape index (κ1) is 9.98. The second-order valence-corrected chi connectivity index (χ2v) is 4.30. The van der Waals surface area contributed by atoms with Crippen molar-refractivity contribution in [1.29, 1.82) is 0 Å². The fraction of sp³-hybridized carbons (Fsp3) is 0.182. The summed E-state index contributed by atoms with van der Waals surface area (Å²) in [5.74, 6) is -0.577. The van der Waals surface area contributed by atoms with Crippen molar-refractivity contribution in [2.75, 3.05) is 0 Å². The highest BCUT2D eigenvalue weighted by molar-refractivity contribution is 7.17. The van der Waals surface area contributed by atoms with E-state index in [-0.39, 0.29) is 12.2 Å². The van der Waals surface area contributed by atoms with Crippen LogP contribution < -0.4 is 0 Å². The average Bonchev–Trinajstić information content (AvgIpc) is 2.55. The monoisotopic (exact) mass is 222 g/mol. The number of phenolic OH excluding ortho intramolecular Hbond substituents is 1. The van der Waals surface area contributed by atoms with E-state index >= 15 is 0 Å². The minimum Gasteiger partial charge on any atom is -0.508 e. The number of aromatic hydroxyl groups is 1. The number of fused-ring (bicyclic) bond motifs is 1. The SMILES string of the molecule is Cc1c(O)ccc2c(CC(=O)O)csc12. The largest absolute Gasteiger partial charge is 0.508 e. The Bertz CT molecular complexity index is 528. The number of hydrogen-bond acceptors (Lipinski definition) is 3. The van der Waals surface area contributed by atoms with E-state index < -0.39 is 5.97 Å². The van der Waals surface area contributed by atoms with Crippen molar-refractivity contribution in [3.8, 4) is 5.75 Å². The Morgan fingerprint density at radius 3 is 2.87 bits per heavy atom. The van der Waals surface area contributed by atoms with Crippen LogP contribution in [-0.4, -0.2) is 16.2 Å². The summed E-state index contributed by atoms with van der Waals surface area (Å²) < 4.78 is 0.964. The molecule has 0 radical (unpaired) electrons. The number of hydrogen-bond donors (Lipinski definition) is 2. The van der Waals surface area contributed by atoms with Gasteiger partial charge in [-0.2, -0.15) is 0 Å². The number of thiophene rings is 1. The predicted molar refractivity (Wildman–Crippen MR) is 59.6 cm³/mol. The molecule has 0 amide bonds. The molecule has 0 aliphatic carbocycles. The van der Waals surface area contributed by atoms with E-state index in [1.54, 1.807) is 12.1 Å². The molecule has 2 rings (SSSR count). The van der Waals surface area contributed by atoms with Crippen molar-refractivity contribution in [2.45, 2.75) is 13.3 Å². The van der Waals surface area contributed by atoms with Gasteiger partial charge in [0.05, 0.1) is 6.42 Å². The Kier molecular flexibility index (Phi) is 2.36. The van der Waals surface area contributed by atoms with E-state index in [9.17, 15) is 9.90 Å². The van der Waals surface area contributed by atoms with Crippen molar-refractivity contribution in [1.82, 2.24) is 0 Å². The van der Waals surface area contributed by atoms with Gasteiger partial charge in [0.25, 0.3) is 0 Å². The number of phenols is 1. The van der Waals surface area contributed by atoms with Crippen LogP contribution in [0.4, 0.5) is 0 Å². The van der Waals surface area contributed by atoms with Gasteiger partial charge in [0.1, 0.15) is 5.75 Å². The van der Waals surface area contributed by atoms with Gasteiger partial charge in [-0.1, -0.05) is 0 Å². The fourth-order valence-corrected chi connectivity index (χ4v) is 2.66. The Labute approximate surface area is 90.6 Å². The van der Waals surface area contributed by atoms with Crippen molar-refractivity contribution < 1.29 is 15.0 Å². The van der Waals surface area contributed by atoms with Gasteiger partial charge in [0, 0.05) is 10.3 Å². The van der Waals surface area contributed by atoms with Gasteiger partial charge in [0.15, 0.2) is 0 Å². The molecular formula is C11H10O3S. The molecule has 15 heavy (non-hydrogen) atoms. The molecule has 2 N–H and O–H groups in total. The lowest BCUT2D eigenvalue weighted by molar-refractivity contribution is -0.136. The first-order chi connectivity index (χ1) is 7.09. The van der Waals surface area contributed by atoms with E-state index in [4.69, 9.17) is 5.11 Å². The predicted octanol–water partition coefficient (Wildman–Crippen LogP) is 2.54. The average molecular weight is 222 g/mol. The third-order valence-electron chi connectivity index (χ3n) is 2.38. The van der Waals surface area contributed by atoms with E-state index in [0.717, 1.165) is 21.2 Å². The Balaban J connectivity index is 2.61. The summed E-state index contributed by atoms with van der Waals surface area (Å²) in [7, 11) is 0. The van der Waals surface area contributed by atoms with Crippen molar-refractivity contribution in [3.05, 3.63) is 28.6 Å². The molecule has 0 saturated carbocycles. The Morgan fingerprint density at radius 2 is 2.20 bits per heavy atom. The van der Waals surface area contributed by atoms with Crippen LogP contribution >= 0.6 is 11.3 Å². The van der Waals surface area contributed by atoms with Gasteiger partial charge in [-0.3, -0.25) is 4.79 Å². The summed E-state index contributed by atoms with van der Waals surface area (Å²) in [4.78, 5) is 10.6. The minimum absolute atomic E-state index is 0.0320. The van der Waals surface area contributed by atoms with Crippen LogP contribution in [-0.2, 0) is 11.2 Å². The molecule has 1 heterocycles. The first-order valence-corrected chi connectivity index (χ1v) is 5.38. The molecule has 4 heteroatoms. The van der Waals surface area contributed by atoms with Crippen LogP contribution in [0.15, 0.2) is 17.5 Å². The summed E-state index contributed by atoms with van der Waals surface area (Å²) in [5.41, 5.74) is 1.62. The van der Waals surface area contributed by atoms with Crippen molar-refractivity contribution in [2.24, 2.45) is 0 Å². The maximum atomic E-state index is 10.6. The summed E-state index contributed by atoms with van der Waals surface area (Å²) in [6, 6.07) is 3.38. The highest BCUT2D eigenvalue weighted by Crippen LogP contribution is 2.33. The van der Waals surface area contributed by atoms with Gasteiger partial charge >= 0.3 is 5.97 Å². The smallest absolute Gasteiger partial charge is 0.307 e. The Hall–Kier alpha value is -1.55. The lowest BCUT2D eigenvalue weighted by Crippen LogP contribution is -1.98. The minimum atomic E-state index is -0.833. The lowest BCUT2D eigenvalue weighted by atomic mass is 10.1. The molecule has 0 unspecified atom stereocenters. The van der Waals surface area contributed by atoms with Crippen LogP contribution in [0.3, 0.4) is 0 Å². The van der Waals surface area contributed by atoms with Gasteiger partial charge < -0.3 is 10.2 Å². The number of carboxylic acids is 1. The standard InChI is InChI=1S/C11H10O3S/c1-6-9(12)3-2-8-7(4-10(13)14)5-15-11(6)8/h2-3,5,12H,4H2,1H3,(H,13,14). The molecule has 0 atom stereocenters. The number of aryl methyl sites for hydroxylation is 1. The van der Waals surface area contributed by atoms with Gasteiger partial charge in [-0.15, -0.1) is 11.3 Å². The third kappa shape index (κ3) is 1.68. The van der Waals surface area contributed by atoms with Crippen molar-refractivity contribution >= 4 is 27.4 Å². The number of carboxylic acid groups (broad SMARTS) is 1. The molecule has 0 fully saturated rings. The lowest BCUT2D eigenvalue weighted by Gasteiger charge is -2.00. The van der Waals surface area contributed by atoms with Gasteiger partial charge in [-0.25, -0.2) is 0 Å². The fourth-order valence-electron chi connectivity index (χ4n) is 1.58. The second kappa shape index (κ2) is 3.55. The summed E-state index contributed by atoms with van der Waals surface area (Å²) in [6.07, 6.45) is 0.0320. The van der Waals surface area contributed by atoms with Gasteiger partial charge in [-0.05, 0) is 35.4 Å². The Morgan fingerprint density at radius 1 is 1.47 bits per heavy atom. The second-order valence-electron chi connectivity index (χ2n) is 3.42. The molecular weight excluding hydrogens is 212 g/mol. The normalized spacial score (nSPS) is 10.7. The van der Waals surface area contributed by atoms with E-state index in [2.05, 4.69) is 0 Å². The van der Waals surface area contributed by atoms with Crippen LogP contribution in [0, 0.1) is 6.92 Å². The number of aliphatic carboxylic acids is 1. The molecule has 0 bridgehead atoms. The van der Waals surface area contributed by atoms with Crippen LogP contribution in [0.5, 0.6) is 5.75 Å². The first-order valence-electron chi connectivity index (χ1n) is 4.50. The van der Waals surface area contributed by atoms with E-state index in [1.807, 2.05) is 12.3 Å². The summed E-state index contributed by atoms with van der Waals surface area (Å²) in [6.45, 7) is 1.83. The van der Waals surface area contributed by atoms with Crippen molar-refractivity contribution in [3.63, 3.8) is 0 Å². The summed E-state index contributed by atoms with van der Waals surface area (Å²) >= 11 is 1.47. The van der Waals surface area contributed by atoms with Crippen LogP contribution in [0.25, 0.3) is 10.1 Å². The molecule has 0 aliphatic rings. The molecule has 2 aromatic rings. The number of carbonyl (C=O) groups is 1. The molecule has 0 aliphatic heterocycles. The molecule has 78 valence electrons. The van der Waals surface area contributed by atoms with Crippen LogP contribution in [0.1, 0.15) is 11.1 Å². The molecule has 3 nitrogen and oxygen atoms in total. The topological polar surface area (TPSA) is 57.5 Å². The van der Waals surface area contributed by atoms with Crippen LogP contribution in [0.2, 0.25) is 0 Å². The molecule has 1 aromatic heterocycles. The molecule has 0 spiro atoms. The maximum Gasteiger partial charge on any atom is 0.307 e. The number of benzene rings is 1. The van der Waals surface area contributed by atoms with E-state index in [0.29, 0.717) is 0 Å².